The lowest BCUT2D eigenvalue weighted by Crippen LogP contribution is -1.85. The Hall–Kier alpha value is -0.460. The average molecular weight is 128 g/mol. The molecule has 0 saturated heterocycles. The number of methoxy groups -OCH3 is 1. The topological polar surface area (TPSA) is 9.23 Å². The van der Waals surface area contributed by atoms with E-state index in [1.54, 1.807) is 7.11 Å². The van der Waals surface area contributed by atoms with Crippen molar-refractivity contribution in [3.05, 3.63) is 11.8 Å². The van der Waals surface area contributed by atoms with Crippen LogP contribution >= 0.6 is 0 Å². The summed E-state index contributed by atoms with van der Waals surface area (Å²) in [6.45, 7) is 6.36. The van der Waals surface area contributed by atoms with Crippen molar-refractivity contribution in [2.24, 2.45) is 5.92 Å². The molecule has 0 aromatic heterocycles. The van der Waals surface area contributed by atoms with E-state index in [1.165, 1.54) is 0 Å². The first kappa shape index (κ1) is 8.54. The van der Waals surface area contributed by atoms with Gasteiger partial charge < -0.3 is 4.74 Å². The normalized spacial score (nSPS) is 12.3. The smallest absolute Gasteiger partial charge is 0.0884 e. The standard InChI is InChI=1S/C8H16O/c1-7(2)5-6-8(3)9-4/h6-7H,5H2,1-4H3. The van der Waals surface area contributed by atoms with Crippen LogP contribution in [-0.4, -0.2) is 7.11 Å². The third-order valence-corrected chi connectivity index (χ3v) is 1.20. The lowest BCUT2D eigenvalue weighted by Gasteiger charge is -2.00. The van der Waals surface area contributed by atoms with E-state index in [-0.39, 0.29) is 0 Å². The Morgan fingerprint density at radius 3 is 2.44 bits per heavy atom. The summed E-state index contributed by atoms with van der Waals surface area (Å²) in [5, 5.41) is 0. The minimum absolute atomic E-state index is 0.732. The molecule has 0 rings (SSSR count). The minimum Gasteiger partial charge on any atom is -0.502 e. The van der Waals surface area contributed by atoms with Crippen molar-refractivity contribution in [3.8, 4) is 0 Å². The Labute approximate surface area is 57.7 Å². The van der Waals surface area contributed by atoms with Crippen LogP contribution in [0.3, 0.4) is 0 Å². The lowest BCUT2D eigenvalue weighted by molar-refractivity contribution is 0.291. The van der Waals surface area contributed by atoms with Gasteiger partial charge in [0.25, 0.3) is 0 Å². The highest BCUT2D eigenvalue weighted by Crippen LogP contribution is 2.03. The molecule has 0 aromatic carbocycles. The lowest BCUT2D eigenvalue weighted by atomic mass is 10.1. The van der Waals surface area contributed by atoms with Gasteiger partial charge in [0.05, 0.1) is 12.9 Å². The zero-order chi connectivity index (χ0) is 7.28. The molecule has 0 spiro atoms. The highest BCUT2D eigenvalue weighted by atomic mass is 16.5. The second kappa shape index (κ2) is 4.42. The van der Waals surface area contributed by atoms with Gasteiger partial charge in [0, 0.05) is 0 Å². The highest BCUT2D eigenvalue weighted by Gasteiger charge is 1.89. The van der Waals surface area contributed by atoms with Gasteiger partial charge in [0.1, 0.15) is 0 Å². The maximum absolute atomic E-state index is 4.96. The molecule has 0 atom stereocenters. The van der Waals surface area contributed by atoms with Gasteiger partial charge >= 0.3 is 0 Å². The molecule has 0 aromatic rings. The van der Waals surface area contributed by atoms with Crippen LogP contribution < -0.4 is 0 Å². The van der Waals surface area contributed by atoms with Crippen molar-refractivity contribution < 1.29 is 4.74 Å². The molecule has 0 heterocycles. The predicted octanol–water partition coefficient (Wildman–Crippen LogP) is 2.58. The van der Waals surface area contributed by atoms with Crippen molar-refractivity contribution in [2.75, 3.05) is 7.11 Å². The van der Waals surface area contributed by atoms with Crippen molar-refractivity contribution >= 4 is 0 Å². The van der Waals surface area contributed by atoms with Crippen molar-refractivity contribution in [3.63, 3.8) is 0 Å². The first-order chi connectivity index (χ1) is 4.16. The van der Waals surface area contributed by atoms with Crippen molar-refractivity contribution in [1.82, 2.24) is 0 Å². The molecular formula is C8H16O. The molecule has 0 saturated carbocycles. The van der Waals surface area contributed by atoms with Gasteiger partial charge in [-0.3, -0.25) is 0 Å². The second-order valence-electron chi connectivity index (χ2n) is 2.65. The van der Waals surface area contributed by atoms with Gasteiger partial charge in [0.2, 0.25) is 0 Å². The maximum Gasteiger partial charge on any atom is 0.0884 e. The van der Waals surface area contributed by atoms with Crippen LogP contribution in [0, 0.1) is 5.92 Å². The van der Waals surface area contributed by atoms with E-state index in [1.807, 2.05) is 6.92 Å². The van der Waals surface area contributed by atoms with E-state index in [0.717, 1.165) is 18.1 Å². The summed E-state index contributed by atoms with van der Waals surface area (Å²) < 4.78 is 4.96. The van der Waals surface area contributed by atoms with Crippen LogP contribution in [0.25, 0.3) is 0 Å². The van der Waals surface area contributed by atoms with Crippen LogP contribution in [0.4, 0.5) is 0 Å². The SMILES string of the molecule is COC(C)=CCC(C)C. The summed E-state index contributed by atoms with van der Waals surface area (Å²) in [7, 11) is 1.70. The maximum atomic E-state index is 4.96. The molecule has 0 amide bonds. The number of ether oxygens (including phenoxy) is 1. The van der Waals surface area contributed by atoms with Gasteiger partial charge in [-0.1, -0.05) is 13.8 Å². The zero-order valence-corrected chi connectivity index (χ0v) is 6.77. The molecule has 0 bridgehead atoms. The molecule has 1 heteroatoms. The van der Waals surface area contributed by atoms with Crippen LogP contribution in [0.15, 0.2) is 11.8 Å². The van der Waals surface area contributed by atoms with Crippen LogP contribution in [-0.2, 0) is 4.74 Å². The molecule has 0 unspecified atom stereocenters. The van der Waals surface area contributed by atoms with Crippen molar-refractivity contribution in [1.29, 1.82) is 0 Å². The molecule has 0 aliphatic carbocycles. The van der Waals surface area contributed by atoms with Gasteiger partial charge in [-0.2, -0.15) is 0 Å². The van der Waals surface area contributed by atoms with E-state index < -0.39 is 0 Å². The van der Waals surface area contributed by atoms with Crippen LogP contribution in [0.2, 0.25) is 0 Å². The highest BCUT2D eigenvalue weighted by molar-refractivity contribution is 4.88. The van der Waals surface area contributed by atoms with Crippen LogP contribution in [0.5, 0.6) is 0 Å². The molecule has 9 heavy (non-hydrogen) atoms. The van der Waals surface area contributed by atoms with Crippen molar-refractivity contribution in [2.45, 2.75) is 27.2 Å². The van der Waals surface area contributed by atoms with E-state index in [2.05, 4.69) is 19.9 Å². The largest absolute Gasteiger partial charge is 0.502 e. The number of rotatable bonds is 3. The van der Waals surface area contributed by atoms with E-state index >= 15 is 0 Å². The van der Waals surface area contributed by atoms with Crippen LogP contribution in [0.1, 0.15) is 27.2 Å². The van der Waals surface area contributed by atoms with E-state index in [4.69, 9.17) is 4.74 Å². The summed E-state index contributed by atoms with van der Waals surface area (Å²) in [6.07, 6.45) is 3.23. The van der Waals surface area contributed by atoms with Gasteiger partial charge in [-0.15, -0.1) is 0 Å². The third kappa shape index (κ3) is 5.41. The summed E-state index contributed by atoms with van der Waals surface area (Å²) >= 11 is 0. The Balaban J connectivity index is 3.43. The first-order valence-corrected chi connectivity index (χ1v) is 3.37. The fraction of sp³-hybridized carbons (Fsp3) is 0.750. The monoisotopic (exact) mass is 128 g/mol. The zero-order valence-electron chi connectivity index (χ0n) is 6.77. The Morgan fingerprint density at radius 1 is 1.56 bits per heavy atom. The quantitative estimate of drug-likeness (QED) is 0.531. The van der Waals surface area contributed by atoms with E-state index in [9.17, 15) is 0 Å². The molecular weight excluding hydrogens is 112 g/mol. The van der Waals surface area contributed by atoms with Gasteiger partial charge in [-0.25, -0.2) is 0 Å². The third-order valence-electron chi connectivity index (χ3n) is 1.20. The Morgan fingerprint density at radius 2 is 2.11 bits per heavy atom. The molecule has 1 nitrogen and oxygen atoms in total. The summed E-state index contributed by atoms with van der Waals surface area (Å²) in [6, 6.07) is 0. The molecule has 0 fully saturated rings. The van der Waals surface area contributed by atoms with Gasteiger partial charge in [-0.05, 0) is 25.3 Å². The first-order valence-electron chi connectivity index (χ1n) is 3.37. The number of hydrogen-bond acceptors (Lipinski definition) is 1. The Bertz CT molecular complexity index is 92.7. The molecule has 0 N–H and O–H groups in total. The average Bonchev–Trinajstić information content (AvgIpc) is 1.83. The summed E-state index contributed by atoms with van der Waals surface area (Å²) in [5.41, 5.74) is 0. The molecule has 0 aliphatic heterocycles. The van der Waals surface area contributed by atoms with E-state index in [0.29, 0.717) is 0 Å². The number of allylic oxidation sites excluding steroid dienone is 2. The fourth-order valence-corrected chi connectivity index (χ4v) is 0.485. The minimum atomic E-state index is 0.732. The molecule has 0 radical (unpaired) electrons. The Kier molecular flexibility index (Phi) is 4.20. The summed E-state index contributed by atoms with van der Waals surface area (Å²) in [5.74, 6) is 1.75. The fourth-order valence-electron chi connectivity index (χ4n) is 0.485. The van der Waals surface area contributed by atoms with Gasteiger partial charge in [0.15, 0.2) is 0 Å². The predicted molar refractivity (Wildman–Crippen MR) is 40.2 cm³/mol. The second-order valence-corrected chi connectivity index (χ2v) is 2.65. The molecule has 54 valence electrons. The number of hydrogen-bond donors (Lipinski definition) is 0. The molecule has 0 aliphatic rings. The summed E-state index contributed by atoms with van der Waals surface area (Å²) in [4.78, 5) is 0.